The fraction of sp³-hybridized carbons (Fsp3) is 0.714. The summed E-state index contributed by atoms with van der Waals surface area (Å²) in [4.78, 5) is 1.53. The van der Waals surface area contributed by atoms with Crippen LogP contribution in [0, 0.1) is 5.92 Å². The Bertz CT molecular complexity index is 256. The SMILES string of the molecule is CCCNC(CC)C(C)CCc1cccs1. The number of hydrogen-bond donors (Lipinski definition) is 1. The minimum atomic E-state index is 0.694. The highest BCUT2D eigenvalue weighted by atomic mass is 32.1. The van der Waals surface area contributed by atoms with E-state index in [9.17, 15) is 0 Å². The van der Waals surface area contributed by atoms with E-state index in [1.165, 1.54) is 30.6 Å². The molecular weight excluding hydrogens is 214 g/mol. The first-order chi connectivity index (χ1) is 7.77. The lowest BCUT2D eigenvalue weighted by atomic mass is 9.94. The molecule has 0 aliphatic rings. The molecule has 2 heteroatoms. The van der Waals surface area contributed by atoms with Gasteiger partial charge in [0.15, 0.2) is 0 Å². The summed E-state index contributed by atoms with van der Waals surface area (Å²) in [5, 5.41) is 5.83. The Morgan fingerprint density at radius 2 is 2.19 bits per heavy atom. The van der Waals surface area contributed by atoms with E-state index in [0.29, 0.717) is 6.04 Å². The Morgan fingerprint density at radius 3 is 2.75 bits per heavy atom. The maximum atomic E-state index is 3.65. The molecule has 0 saturated heterocycles. The molecule has 0 bridgehead atoms. The third-order valence-electron chi connectivity index (χ3n) is 3.21. The predicted octanol–water partition coefficient (Wildman–Crippen LogP) is 4.10. The third kappa shape index (κ3) is 4.67. The zero-order valence-electron chi connectivity index (χ0n) is 10.8. The third-order valence-corrected chi connectivity index (χ3v) is 4.15. The maximum Gasteiger partial charge on any atom is 0.00901 e. The van der Waals surface area contributed by atoms with Gasteiger partial charge in [0, 0.05) is 10.9 Å². The Kier molecular flexibility index (Phi) is 6.74. The molecule has 0 spiro atoms. The van der Waals surface area contributed by atoms with Gasteiger partial charge in [-0.25, -0.2) is 0 Å². The number of hydrogen-bond acceptors (Lipinski definition) is 2. The number of aryl methyl sites for hydroxylation is 1. The van der Waals surface area contributed by atoms with Crippen LogP contribution < -0.4 is 5.32 Å². The molecule has 92 valence electrons. The summed E-state index contributed by atoms with van der Waals surface area (Å²) in [5.41, 5.74) is 0. The molecule has 0 saturated carbocycles. The van der Waals surface area contributed by atoms with Gasteiger partial charge in [0.2, 0.25) is 0 Å². The molecule has 2 atom stereocenters. The molecule has 1 aromatic heterocycles. The van der Waals surface area contributed by atoms with Crippen LogP contribution in [-0.4, -0.2) is 12.6 Å². The second-order valence-electron chi connectivity index (χ2n) is 4.56. The van der Waals surface area contributed by atoms with Crippen molar-refractivity contribution in [2.45, 2.75) is 52.5 Å². The van der Waals surface area contributed by atoms with Crippen molar-refractivity contribution in [3.63, 3.8) is 0 Å². The topological polar surface area (TPSA) is 12.0 Å². The van der Waals surface area contributed by atoms with Crippen molar-refractivity contribution < 1.29 is 0 Å². The van der Waals surface area contributed by atoms with Crippen molar-refractivity contribution in [1.82, 2.24) is 5.32 Å². The van der Waals surface area contributed by atoms with E-state index < -0.39 is 0 Å². The van der Waals surface area contributed by atoms with Crippen molar-refractivity contribution in [2.24, 2.45) is 5.92 Å². The quantitative estimate of drug-likeness (QED) is 0.720. The normalized spacial score (nSPS) is 14.9. The lowest BCUT2D eigenvalue weighted by molar-refractivity contribution is 0.349. The average molecular weight is 239 g/mol. The van der Waals surface area contributed by atoms with Gasteiger partial charge in [-0.3, -0.25) is 0 Å². The van der Waals surface area contributed by atoms with Crippen molar-refractivity contribution in [3.8, 4) is 0 Å². The largest absolute Gasteiger partial charge is 0.314 e. The summed E-state index contributed by atoms with van der Waals surface area (Å²) in [7, 11) is 0. The van der Waals surface area contributed by atoms with Crippen LogP contribution in [-0.2, 0) is 6.42 Å². The lowest BCUT2D eigenvalue weighted by Crippen LogP contribution is -2.35. The van der Waals surface area contributed by atoms with Gasteiger partial charge in [0.1, 0.15) is 0 Å². The maximum absolute atomic E-state index is 3.65. The van der Waals surface area contributed by atoms with Crippen molar-refractivity contribution >= 4 is 11.3 Å². The van der Waals surface area contributed by atoms with Crippen LogP contribution in [0.25, 0.3) is 0 Å². The van der Waals surface area contributed by atoms with E-state index >= 15 is 0 Å². The number of rotatable bonds is 8. The Hall–Kier alpha value is -0.340. The molecule has 1 rings (SSSR count). The minimum absolute atomic E-state index is 0.694. The molecule has 0 radical (unpaired) electrons. The molecule has 1 nitrogen and oxygen atoms in total. The first-order valence-electron chi connectivity index (χ1n) is 6.53. The first-order valence-corrected chi connectivity index (χ1v) is 7.41. The first kappa shape index (κ1) is 13.7. The van der Waals surface area contributed by atoms with Crippen LogP contribution in [0.4, 0.5) is 0 Å². The van der Waals surface area contributed by atoms with E-state index in [0.717, 1.165) is 12.5 Å². The fourth-order valence-corrected chi connectivity index (χ4v) is 2.83. The zero-order chi connectivity index (χ0) is 11.8. The lowest BCUT2D eigenvalue weighted by Gasteiger charge is -2.23. The van der Waals surface area contributed by atoms with E-state index in [1.807, 2.05) is 11.3 Å². The standard InChI is InChI=1S/C14H25NS/c1-4-10-15-14(5-2)12(3)8-9-13-7-6-11-16-13/h6-7,11-12,14-15H,4-5,8-10H2,1-3H3. The minimum Gasteiger partial charge on any atom is -0.314 e. The van der Waals surface area contributed by atoms with Crippen molar-refractivity contribution in [3.05, 3.63) is 22.4 Å². The van der Waals surface area contributed by atoms with E-state index in [4.69, 9.17) is 0 Å². The van der Waals surface area contributed by atoms with Crippen molar-refractivity contribution in [2.75, 3.05) is 6.54 Å². The summed E-state index contributed by atoms with van der Waals surface area (Å²) in [6.07, 6.45) is 5.01. The van der Waals surface area contributed by atoms with E-state index in [2.05, 4.69) is 43.6 Å². The summed E-state index contributed by atoms with van der Waals surface area (Å²) in [6, 6.07) is 5.09. The summed E-state index contributed by atoms with van der Waals surface area (Å²) in [6.45, 7) is 8.05. The molecule has 16 heavy (non-hydrogen) atoms. The highest BCUT2D eigenvalue weighted by molar-refractivity contribution is 7.09. The molecule has 0 amide bonds. The molecule has 0 fully saturated rings. The van der Waals surface area contributed by atoms with E-state index in [-0.39, 0.29) is 0 Å². The van der Waals surface area contributed by atoms with Gasteiger partial charge < -0.3 is 5.32 Å². The van der Waals surface area contributed by atoms with Gasteiger partial charge in [-0.05, 0) is 49.6 Å². The van der Waals surface area contributed by atoms with Gasteiger partial charge in [-0.1, -0.05) is 26.8 Å². The highest BCUT2D eigenvalue weighted by Crippen LogP contribution is 2.18. The second-order valence-corrected chi connectivity index (χ2v) is 5.60. The molecule has 0 aromatic carbocycles. The van der Waals surface area contributed by atoms with Crippen LogP contribution in [0.2, 0.25) is 0 Å². The Labute approximate surface area is 104 Å². The number of thiophene rings is 1. The predicted molar refractivity (Wildman–Crippen MR) is 74.2 cm³/mol. The van der Waals surface area contributed by atoms with Crippen LogP contribution in [0.15, 0.2) is 17.5 Å². The van der Waals surface area contributed by atoms with Gasteiger partial charge in [0.05, 0.1) is 0 Å². The fourth-order valence-electron chi connectivity index (χ4n) is 2.10. The van der Waals surface area contributed by atoms with Crippen LogP contribution in [0.5, 0.6) is 0 Å². The van der Waals surface area contributed by atoms with E-state index in [1.54, 1.807) is 0 Å². The molecule has 1 aromatic rings. The van der Waals surface area contributed by atoms with Crippen molar-refractivity contribution in [1.29, 1.82) is 0 Å². The summed E-state index contributed by atoms with van der Waals surface area (Å²) in [5.74, 6) is 0.777. The van der Waals surface area contributed by atoms with Gasteiger partial charge in [-0.15, -0.1) is 11.3 Å². The molecule has 0 aliphatic carbocycles. The zero-order valence-corrected chi connectivity index (χ0v) is 11.6. The smallest absolute Gasteiger partial charge is 0.00901 e. The highest BCUT2D eigenvalue weighted by Gasteiger charge is 2.14. The molecule has 1 heterocycles. The Balaban J connectivity index is 2.28. The van der Waals surface area contributed by atoms with Gasteiger partial charge in [0.25, 0.3) is 0 Å². The van der Waals surface area contributed by atoms with Gasteiger partial charge in [-0.2, -0.15) is 0 Å². The summed E-state index contributed by atoms with van der Waals surface area (Å²) >= 11 is 1.88. The van der Waals surface area contributed by atoms with Crippen LogP contribution in [0.3, 0.4) is 0 Å². The molecular formula is C14H25NS. The van der Waals surface area contributed by atoms with Crippen LogP contribution in [0.1, 0.15) is 44.9 Å². The molecule has 1 N–H and O–H groups in total. The average Bonchev–Trinajstić information content (AvgIpc) is 2.80. The molecule has 0 aliphatic heterocycles. The Morgan fingerprint density at radius 1 is 1.38 bits per heavy atom. The van der Waals surface area contributed by atoms with Gasteiger partial charge >= 0.3 is 0 Å². The monoisotopic (exact) mass is 239 g/mol. The number of nitrogens with one attached hydrogen (secondary N) is 1. The second kappa shape index (κ2) is 7.86. The van der Waals surface area contributed by atoms with Crippen LogP contribution >= 0.6 is 11.3 Å². The molecule has 2 unspecified atom stereocenters. The summed E-state index contributed by atoms with van der Waals surface area (Å²) < 4.78 is 0.